The van der Waals surface area contributed by atoms with Crippen molar-refractivity contribution in [1.82, 2.24) is 9.97 Å². The van der Waals surface area contributed by atoms with Gasteiger partial charge in [0, 0.05) is 27.8 Å². The minimum Gasteiger partial charge on any atom is -0.424 e. The van der Waals surface area contributed by atoms with Crippen LogP contribution in [0.25, 0.3) is 10.9 Å². The van der Waals surface area contributed by atoms with E-state index in [-0.39, 0.29) is 0 Å². The van der Waals surface area contributed by atoms with Gasteiger partial charge >= 0.3 is 6.01 Å². The molecular formula is C14H10BrN3O. The molecule has 5 heteroatoms. The maximum absolute atomic E-state index is 5.75. The molecule has 0 aliphatic rings. The maximum Gasteiger partial charge on any atom is 0.322 e. The number of halogens is 1. The zero-order chi connectivity index (χ0) is 13.2. The van der Waals surface area contributed by atoms with Crippen LogP contribution in [0.4, 0.5) is 5.69 Å². The highest BCUT2D eigenvalue weighted by Gasteiger charge is 2.04. The molecule has 94 valence electrons. The van der Waals surface area contributed by atoms with Crippen LogP contribution in [0, 0.1) is 0 Å². The zero-order valence-corrected chi connectivity index (χ0v) is 11.5. The van der Waals surface area contributed by atoms with Crippen LogP contribution >= 0.6 is 15.9 Å². The molecule has 3 aromatic rings. The topological polar surface area (TPSA) is 61.0 Å². The number of para-hydroxylation sites is 1. The highest BCUT2D eigenvalue weighted by Crippen LogP contribution is 2.26. The number of benzene rings is 2. The van der Waals surface area contributed by atoms with Crippen molar-refractivity contribution in [3.05, 3.63) is 53.1 Å². The second-order valence-corrected chi connectivity index (χ2v) is 4.95. The van der Waals surface area contributed by atoms with Gasteiger partial charge in [-0.05, 0) is 18.2 Å². The van der Waals surface area contributed by atoms with E-state index >= 15 is 0 Å². The summed E-state index contributed by atoms with van der Waals surface area (Å²) in [6, 6.07) is 13.4. The molecule has 0 spiro atoms. The molecule has 0 radical (unpaired) electrons. The second-order valence-electron chi connectivity index (χ2n) is 4.03. The molecule has 0 aliphatic heterocycles. The summed E-state index contributed by atoms with van der Waals surface area (Å²) in [4.78, 5) is 8.51. The van der Waals surface area contributed by atoms with Gasteiger partial charge in [-0.15, -0.1) is 0 Å². The Morgan fingerprint density at radius 1 is 1.11 bits per heavy atom. The number of nitrogens with zero attached hydrogens (tertiary/aromatic N) is 2. The average molecular weight is 316 g/mol. The highest BCUT2D eigenvalue weighted by molar-refractivity contribution is 9.10. The van der Waals surface area contributed by atoms with Gasteiger partial charge in [-0.1, -0.05) is 34.1 Å². The molecule has 0 aliphatic carbocycles. The lowest BCUT2D eigenvalue weighted by atomic mass is 10.2. The van der Waals surface area contributed by atoms with Crippen molar-refractivity contribution in [3.8, 4) is 11.8 Å². The summed E-state index contributed by atoms with van der Waals surface area (Å²) in [5.74, 6) is 0.599. The molecule has 2 N–H and O–H groups in total. The van der Waals surface area contributed by atoms with Crippen molar-refractivity contribution in [2.45, 2.75) is 0 Å². The molecule has 2 aromatic carbocycles. The van der Waals surface area contributed by atoms with E-state index in [1.165, 1.54) is 0 Å². The number of hydrogen-bond acceptors (Lipinski definition) is 4. The van der Waals surface area contributed by atoms with E-state index in [1.54, 1.807) is 18.3 Å². The predicted molar refractivity (Wildman–Crippen MR) is 78.2 cm³/mol. The van der Waals surface area contributed by atoms with Crippen LogP contribution in [0.5, 0.6) is 11.8 Å². The SMILES string of the molecule is Nc1cc(Br)cc(Oc2ncc3ccccc3n2)c1. The molecule has 3 rings (SSSR count). The van der Waals surface area contributed by atoms with Crippen LogP contribution in [-0.4, -0.2) is 9.97 Å². The molecule has 4 nitrogen and oxygen atoms in total. The van der Waals surface area contributed by atoms with E-state index in [2.05, 4.69) is 25.9 Å². The molecule has 0 bridgehead atoms. The maximum atomic E-state index is 5.75. The van der Waals surface area contributed by atoms with E-state index in [4.69, 9.17) is 10.5 Å². The number of aromatic nitrogens is 2. The van der Waals surface area contributed by atoms with E-state index in [0.717, 1.165) is 15.4 Å². The summed E-state index contributed by atoms with van der Waals surface area (Å²) in [6.07, 6.45) is 1.74. The first-order valence-corrected chi connectivity index (χ1v) is 6.46. The molecule has 0 unspecified atom stereocenters. The van der Waals surface area contributed by atoms with E-state index < -0.39 is 0 Å². The number of rotatable bonds is 2. The number of nitrogen functional groups attached to an aromatic ring is 1. The fourth-order valence-electron chi connectivity index (χ4n) is 1.75. The normalized spacial score (nSPS) is 10.6. The fourth-order valence-corrected chi connectivity index (χ4v) is 2.24. The Balaban J connectivity index is 1.96. The van der Waals surface area contributed by atoms with Crippen molar-refractivity contribution in [1.29, 1.82) is 0 Å². The molecular weight excluding hydrogens is 306 g/mol. The second kappa shape index (κ2) is 4.85. The van der Waals surface area contributed by atoms with E-state index in [9.17, 15) is 0 Å². The summed E-state index contributed by atoms with van der Waals surface area (Å²) in [5.41, 5.74) is 7.21. The molecule has 0 fully saturated rings. The molecule has 0 saturated heterocycles. The van der Waals surface area contributed by atoms with Gasteiger partial charge in [-0.2, -0.15) is 4.98 Å². The van der Waals surface area contributed by atoms with Crippen LogP contribution < -0.4 is 10.5 Å². The summed E-state index contributed by atoms with van der Waals surface area (Å²) >= 11 is 3.37. The summed E-state index contributed by atoms with van der Waals surface area (Å²) < 4.78 is 6.47. The van der Waals surface area contributed by atoms with Crippen molar-refractivity contribution in [2.24, 2.45) is 0 Å². The van der Waals surface area contributed by atoms with Gasteiger partial charge in [0.15, 0.2) is 0 Å². The molecule has 1 aromatic heterocycles. The Bertz CT molecular complexity index is 725. The quantitative estimate of drug-likeness (QED) is 0.731. The number of hydrogen-bond donors (Lipinski definition) is 1. The van der Waals surface area contributed by atoms with Crippen LogP contribution in [-0.2, 0) is 0 Å². The number of nitrogens with two attached hydrogens (primary N) is 1. The average Bonchev–Trinajstić information content (AvgIpc) is 2.37. The lowest BCUT2D eigenvalue weighted by molar-refractivity contribution is 0.444. The van der Waals surface area contributed by atoms with Crippen LogP contribution in [0.1, 0.15) is 0 Å². The van der Waals surface area contributed by atoms with Gasteiger partial charge in [0.25, 0.3) is 0 Å². The third-order valence-electron chi connectivity index (χ3n) is 2.57. The Morgan fingerprint density at radius 2 is 1.95 bits per heavy atom. The predicted octanol–water partition coefficient (Wildman–Crippen LogP) is 3.77. The summed E-state index contributed by atoms with van der Waals surface area (Å²) in [5, 5.41) is 0.976. The van der Waals surface area contributed by atoms with Crippen LogP contribution in [0.2, 0.25) is 0 Å². The van der Waals surface area contributed by atoms with Gasteiger partial charge in [0.05, 0.1) is 5.52 Å². The third-order valence-corrected chi connectivity index (χ3v) is 3.03. The van der Waals surface area contributed by atoms with Gasteiger partial charge in [-0.3, -0.25) is 0 Å². The molecule has 1 heterocycles. The van der Waals surface area contributed by atoms with Gasteiger partial charge in [0.1, 0.15) is 5.75 Å². The van der Waals surface area contributed by atoms with E-state index in [0.29, 0.717) is 17.4 Å². The van der Waals surface area contributed by atoms with Crippen molar-refractivity contribution in [2.75, 3.05) is 5.73 Å². The first kappa shape index (κ1) is 11.9. The van der Waals surface area contributed by atoms with E-state index in [1.807, 2.05) is 30.3 Å². The summed E-state index contributed by atoms with van der Waals surface area (Å²) in [6.45, 7) is 0. The zero-order valence-electron chi connectivity index (χ0n) is 9.88. The first-order chi connectivity index (χ1) is 9.20. The first-order valence-electron chi connectivity index (χ1n) is 5.66. The van der Waals surface area contributed by atoms with Crippen molar-refractivity contribution >= 4 is 32.5 Å². The lowest BCUT2D eigenvalue weighted by Crippen LogP contribution is -1.93. The summed E-state index contributed by atoms with van der Waals surface area (Å²) in [7, 11) is 0. The Labute approximate surface area is 118 Å². The van der Waals surface area contributed by atoms with Gasteiger partial charge in [-0.25, -0.2) is 4.98 Å². The van der Waals surface area contributed by atoms with Crippen molar-refractivity contribution < 1.29 is 4.74 Å². The Kier molecular flexibility index (Phi) is 3.05. The van der Waals surface area contributed by atoms with Gasteiger partial charge in [0.2, 0.25) is 0 Å². The smallest absolute Gasteiger partial charge is 0.322 e. The fraction of sp³-hybridized carbons (Fsp3) is 0. The van der Waals surface area contributed by atoms with Crippen molar-refractivity contribution in [3.63, 3.8) is 0 Å². The Hall–Kier alpha value is -2.14. The lowest BCUT2D eigenvalue weighted by Gasteiger charge is -2.06. The molecule has 0 saturated carbocycles. The Morgan fingerprint density at radius 3 is 2.79 bits per heavy atom. The minimum absolute atomic E-state index is 0.302. The standard InChI is InChI=1S/C14H10BrN3O/c15-10-5-11(16)7-12(6-10)19-14-17-8-9-3-1-2-4-13(9)18-14/h1-8H,16H2. The minimum atomic E-state index is 0.302. The number of fused-ring (bicyclic) bond motifs is 1. The monoisotopic (exact) mass is 315 g/mol. The number of anilines is 1. The van der Waals surface area contributed by atoms with Gasteiger partial charge < -0.3 is 10.5 Å². The van der Waals surface area contributed by atoms with Crippen LogP contribution in [0.15, 0.2) is 53.1 Å². The van der Waals surface area contributed by atoms with Crippen LogP contribution in [0.3, 0.4) is 0 Å². The largest absolute Gasteiger partial charge is 0.424 e. The third kappa shape index (κ3) is 2.66. The highest BCUT2D eigenvalue weighted by atomic mass is 79.9. The molecule has 19 heavy (non-hydrogen) atoms. The molecule has 0 amide bonds. The number of ether oxygens (including phenoxy) is 1. The molecule has 0 atom stereocenters.